The lowest BCUT2D eigenvalue weighted by molar-refractivity contribution is 0.178. The highest BCUT2D eigenvalue weighted by Gasteiger charge is 2.09. The Morgan fingerprint density at radius 3 is 2.47 bits per heavy atom. The predicted molar refractivity (Wildman–Crippen MR) is 71.3 cm³/mol. The molecule has 1 atom stereocenters. The first kappa shape index (κ1) is 12.2. The number of halogens is 1. The number of aliphatic hydroxyl groups excluding tert-OH is 1. The van der Waals surface area contributed by atoms with Gasteiger partial charge in [0.1, 0.15) is 0 Å². The maximum Gasteiger partial charge on any atom is 0.0830 e. The van der Waals surface area contributed by atoms with E-state index in [2.05, 4.69) is 0 Å². The maximum atomic E-state index is 10.2. The average molecular weight is 247 g/mol. The standard InChI is InChI=1S/C15H15ClO/c1-11-7-13(10-14(16)8-11)15(17)9-12-5-3-2-4-6-12/h2-8,10,15,17H,9H2,1H3. The van der Waals surface area contributed by atoms with Crippen molar-refractivity contribution in [3.8, 4) is 0 Å². The van der Waals surface area contributed by atoms with Crippen LogP contribution in [0.15, 0.2) is 48.5 Å². The molecule has 17 heavy (non-hydrogen) atoms. The van der Waals surface area contributed by atoms with E-state index in [1.807, 2.05) is 55.5 Å². The highest BCUT2D eigenvalue weighted by molar-refractivity contribution is 6.30. The Hall–Kier alpha value is -1.31. The van der Waals surface area contributed by atoms with Gasteiger partial charge in [-0.2, -0.15) is 0 Å². The predicted octanol–water partition coefficient (Wildman–Crippen LogP) is 3.92. The molecule has 1 N–H and O–H groups in total. The molecule has 0 aliphatic carbocycles. The van der Waals surface area contributed by atoms with Gasteiger partial charge in [0.2, 0.25) is 0 Å². The third kappa shape index (κ3) is 3.32. The van der Waals surface area contributed by atoms with Crippen molar-refractivity contribution in [1.29, 1.82) is 0 Å². The van der Waals surface area contributed by atoms with E-state index in [4.69, 9.17) is 11.6 Å². The van der Waals surface area contributed by atoms with Crippen molar-refractivity contribution < 1.29 is 5.11 Å². The van der Waals surface area contributed by atoms with Gasteiger partial charge in [0.25, 0.3) is 0 Å². The number of hydrogen-bond acceptors (Lipinski definition) is 1. The number of rotatable bonds is 3. The van der Waals surface area contributed by atoms with Crippen molar-refractivity contribution >= 4 is 11.6 Å². The minimum Gasteiger partial charge on any atom is -0.388 e. The fraction of sp³-hybridized carbons (Fsp3) is 0.200. The van der Waals surface area contributed by atoms with Crippen LogP contribution in [0.25, 0.3) is 0 Å². The van der Waals surface area contributed by atoms with Crippen LogP contribution in [-0.2, 0) is 6.42 Å². The summed E-state index contributed by atoms with van der Waals surface area (Å²) in [6.45, 7) is 1.98. The van der Waals surface area contributed by atoms with Crippen LogP contribution in [0, 0.1) is 6.92 Å². The second-order valence-electron chi connectivity index (χ2n) is 4.27. The SMILES string of the molecule is Cc1cc(Cl)cc(C(O)Cc2ccccc2)c1. The number of aryl methyl sites for hydroxylation is 1. The zero-order valence-electron chi connectivity index (χ0n) is 9.73. The van der Waals surface area contributed by atoms with Gasteiger partial charge in [0.15, 0.2) is 0 Å². The van der Waals surface area contributed by atoms with Crippen molar-refractivity contribution in [2.24, 2.45) is 0 Å². The molecule has 2 aromatic carbocycles. The third-order valence-corrected chi connectivity index (χ3v) is 2.94. The summed E-state index contributed by atoms with van der Waals surface area (Å²) >= 11 is 5.99. The van der Waals surface area contributed by atoms with Crippen LogP contribution in [0.2, 0.25) is 5.02 Å². The average Bonchev–Trinajstić information content (AvgIpc) is 2.29. The molecular formula is C15H15ClO. The second-order valence-corrected chi connectivity index (χ2v) is 4.70. The molecule has 0 aliphatic rings. The Morgan fingerprint density at radius 2 is 1.82 bits per heavy atom. The molecule has 0 aliphatic heterocycles. The lowest BCUT2D eigenvalue weighted by Crippen LogP contribution is -2.02. The fourth-order valence-corrected chi connectivity index (χ4v) is 2.21. The number of hydrogen-bond donors (Lipinski definition) is 1. The number of benzene rings is 2. The molecule has 2 rings (SSSR count). The molecule has 0 saturated carbocycles. The summed E-state index contributed by atoms with van der Waals surface area (Å²) in [5.74, 6) is 0. The first-order chi connectivity index (χ1) is 8.15. The van der Waals surface area contributed by atoms with Gasteiger partial charge >= 0.3 is 0 Å². The quantitative estimate of drug-likeness (QED) is 0.870. The molecular weight excluding hydrogens is 232 g/mol. The Morgan fingerprint density at radius 1 is 1.12 bits per heavy atom. The van der Waals surface area contributed by atoms with Crippen molar-refractivity contribution in [3.05, 3.63) is 70.2 Å². The van der Waals surface area contributed by atoms with Crippen LogP contribution in [0.5, 0.6) is 0 Å². The van der Waals surface area contributed by atoms with Gasteiger partial charge < -0.3 is 5.11 Å². The molecule has 0 fully saturated rings. The van der Waals surface area contributed by atoms with E-state index in [0.29, 0.717) is 11.4 Å². The van der Waals surface area contributed by atoms with Crippen LogP contribution in [-0.4, -0.2) is 5.11 Å². The maximum absolute atomic E-state index is 10.2. The van der Waals surface area contributed by atoms with Crippen LogP contribution >= 0.6 is 11.6 Å². The zero-order chi connectivity index (χ0) is 12.3. The highest BCUT2D eigenvalue weighted by atomic mass is 35.5. The van der Waals surface area contributed by atoms with Crippen LogP contribution < -0.4 is 0 Å². The lowest BCUT2D eigenvalue weighted by Gasteiger charge is -2.12. The Kier molecular flexibility index (Phi) is 3.82. The first-order valence-corrected chi connectivity index (χ1v) is 6.02. The summed E-state index contributed by atoms with van der Waals surface area (Å²) in [4.78, 5) is 0. The molecule has 0 aromatic heterocycles. The van der Waals surface area contributed by atoms with Crippen molar-refractivity contribution in [3.63, 3.8) is 0 Å². The van der Waals surface area contributed by atoms with E-state index in [1.165, 1.54) is 0 Å². The third-order valence-electron chi connectivity index (χ3n) is 2.72. The Labute approximate surface area is 107 Å². The summed E-state index contributed by atoms with van der Waals surface area (Å²) < 4.78 is 0. The topological polar surface area (TPSA) is 20.2 Å². The molecule has 2 heteroatoms. The van der Waals surface area contributed by atoms with Crippen molar-refractivity contribution in [1.82, 2.24) is 0 Å². The number of aliphatic hydroxyl groups is 1. The van der Waals surface area contributed by atoms with E-state index in [9.17, 15) is 5.11 Å². The van der Waals surface area contributed by atoms with E-state index in [1.54, 1.807) is 0 Å². The van der Waals surface area contributed by atoms with Crippen molar-refractivity contribution in [2.45, 2.75) is 19.4 Å². The highest BCUT2D eigenvalue weighted by Crippen LogP contribution is 2.23. The van der Waals surface area contributed by atoms with Crippen LogP contribution in [0.1, 0.15) is 22.8 Å². The van der Waals surface area contributed by atoms with Crippen molar-refractivity contribution in [2.75, 3.05) is 0 Å². The van der Waals surface area contributed by atoms with Gasteiger partial charge in [-0.05, 0) is 35.7 Å². The van der Waals surface area contributed by atoms with Gasteiger partial charge in [0, 0.05) is 11.4 Å². The normalized spacial score (nSPS) is 12.4. The molecule has 0 saturated heterocycles. The van der Waals surface area contributed by atoms with Crippen LogP contribution in [0.3, 0.4) is 0 Å². The van der Waals surface area contributed by atoms with Crippen LogP contribution in [0.4, 0.5) is 0 Å². The molecule has 88 valence electrons. The summed E-state index contributed by atoms with van der Waals surface area (Å²) in [6.07, 6.45) is 0.107. The summed E-state index contributed by atoms with van der Waals surface area (Å²) in [5, 5.41) is 10.8. The largest absolute Gasteiger partial charge is 0.388 e. The monoisotopic (exact) mass is 246 g/mol. The van der Waals surface area contributed by atoms with E-state index in [-0.39, 0.29) is 0 Å². The second kappa shape index (κ2) is 5.35. The van der Waals surface area contributed by atoms with Gasteiger partial charge in [0.05, 0.1) is 6.10 Å². The summed E-state index contributed by atoms with van der Waals surface area (Å²) in [5.41, 5.74) is 3.07. The van der Waals surface area contributed by atoms with Gasteiger partial charge in [-0.1, -0.05) is 48.0 Å². The summed E-state index contributed by atoms with van der Waals surface area (Å²) in [6, 6.07) is 15.6. The van der Waals surface area contributed by atoms with Gasteiger partial charge in [-0.15, -0.1) is 0 Å². The Bertz CT molecular complexity index is 473. The minimum absolute atomic E-state index is 0.505. The first-order valence-electron chi connectivity index (χ1n) is 5.64. The molecule has 0 bridgehead atoms. The fourth-order valence-electron chi connectivity index (χ4n) is 1.91. The minimum atomic E-state index is -0.505. The molecule has 1 unspecified atom stereocenters. The molecule has 0 amide bonds. The summed E-state index contributed by atoms with van der Waals surface area (Å²) in [7, 11) is 0. The van der Waals surface area contributed by atoms with E-state index in [0.717, 1.165) is 16.7 Å². The molecule has 0 heterocycles. The smallest absolute Gasteiger partial charge is 0.0830 e. The van der Waals surface area contributed by atoms with E-state index < -0.39 is 6.10 Å². The zero-order valence-corrected chi connectivity index (χ0v) is 10.5. The Balaban J connectivity index is 2.17. The molecule has 2 aromatic rings. The van der Waals surface area contributed by atoms with Gasteiger partial charge in [-0.25, -0.2) is 0 Å². The lowest BCUT2D eigenvalue weighted by atomic mass is 10.0. The van der Waals surface area contributed by atoms with Gasteiger partial charge in [-0.3, -0.25) is 0 Å². The molecule has 0 spiro atoms. The molecule has 0 radical (unpaired) electrons. The van der Waals surface area contributed by atoms with E-state index >= 15 is 0 Å². The molecule has 1 nitrogen and oxygen atoms in total.